The first-order valence-corrected chi connectivity index (χ1v) is 8.16. The quantitative estimate of drug-likeness (QED) is 0.691. The number of carboxylic acid groups (broad SMARTS) is 1. The van der Waals surface area contributed by atoms with Gasteiger partial charge in [0.25, 0.3) is 5.91 Å². The van der Waals surface area contributed by atoms with Crippen molar-refractivity contribution in [3.05, 3.63) is 65.2 Å². The molecule has 1 amide bonds. The van der Waals surface area contributed by atoms with Crippen LogP contribution in [0, 0.1) is 0 Å². The second kappa shape index (κ2) is 7.40. The summed E-state index contributed by atoms with van der Waals surface area (Å²) in [6, 6.07) is 7.81. The fourth-order valence-electron chi connectivity index (χ4n) is 2.46. The zero-order chi connectivity index (χ0) is 18.7. The Hall–Kier alpha value is -3.13. The Labute approximate surface area is 154 Å². The molecule has 9 heteroatoms. The van der Waals surface area contributed by atoms with Crippen LogP contribution in [0.15, 0.2) is 48.9 Å². The molecule has 1 aromatic carbocycles. The van der Waals surface area contributed by atoms with Crippen molar-refractivity contribution in [2.45, 2.75) is 19.5 Å². The summed E-state index contributed by atoms with van der Waals surface area (Å²) >= 11 is 5.86. The Morgan fingerprint density at radius 2 is 2.12 bits per heavy atom. The van der Waals surface area contributed by atoms with E-state index in [2.05, 4.69) is 15.5 Å². The summed E-state index contributed by atoms with van der Waals surface area (Å²) in [7, 11) is 0. The van der Waals surface area contributed by atoms with Crippen molar-refractivity contribution < 1.29 is 14.7 Å². The van der Waals surface area contributed by atoms with Crippen LogP contribution in [-0.2, 0) is 11.3 Å². The summed E-state index contributed by atoms with van der Waals surface area (Å²) in [5, 5.41) is 20.5. The highest BCUT2D eigenvalue weighted by atomic mass is 35.5. The maximum Gasteiger partial charge on any atom is 0.328 e. The van der Waals surface area contributed by atoms with Crippen LogP contribution < -0.4 is 5.32 Å². The van der Waals surface area contributed by atoms with Gasteiger partial charge < -0.3 is 10.4 Å². The number of carbonyl (C=O) groups is 2. The standard InChI is InChI=1S/C17H16ClN5O3/c1-11(17(25)26)23-15(5-6-19-23)16(24)21-14-4-2-3-12(7-14)9-22-10-13(18)8-20-22/h2-8,10-11H,9H2,1H3,(H,21,24)(H,25,26). The van der Waals surface area contributed by atoms with Crippen LogP contribution in [0.5, 0.6) is 0 Å². The topological polar surface area (TPSA) is 102 Å². The lowest BCUT2D eigenvalue weighted by atomic mass is 10.2. The van der Waals surface area contributed by atoms with Crippen LogP contribution in [0.3, 0.4) is 0 Å². The van der Waals surface area contributed by atoms with Crippen molar-refractivity contribution in [3.63, 3.8) is 0 Å². The molecule has 0 saturated heterocycles. The third-order valence-corrected chi connectivity index (χ3v) is 3.95. The molecule has 8 nitrogen and oxygen atoms in total. The summed E-state index contributed by atoms with van der Waals surface area (Å²) in [6.45, 7) is 1.96. The van der Waals surface area contributed by atoms with Gasteiger partial charge in [0.15, 0.2) is 0 Å². The third-order valence-electron chi connectivity index (χ3n) is 3.76. The van der Waals surface area contributed by atoms with Crippen molar-refractivity contribution in [1.82, 2.24) is 19.6 Å². The smallest absolute Gasteiger partial charge is 0.328 e. The van der Waals surface area contributed by atoms with Crippen LogP contribution in [0.1, 0.15) is 29.0 Å². The molecule has 0 bridgehead atoms. The molecule has 134 valence electrons. The van der Waals surface area contributed by atoms with Crippen molar-refractivity contribution in [3.8, 4) is 0 Å². The molecule has 1 atom stereocenters. The van der Waals surface area contributed by atoms with E-state index in [9.17, 15) is 9.59 Å². The molecule has 2 N–H and O–H groups in total. The maximum atomic E-state index is 12.5. The number of nitrogens with one attached hydrogen (secondary N) is 1. The fourth-order valence-corrected chi connectivity index (χ4v) is 2.62. The molecule has 0 aliphatic heterocycles. The SMILES string of the molecule is CC(C(=O)O)n1nccc1C(=O)Nc1cccc(Cn2cc(Cl)cn2)c1. The van der Waals surface area contributed by atoms with Gasteiger partial charge in [-0.15, -0.1) is 0 Å². The Morgan fingerprint density at radius 3 is 2.81 bits per heavy atom. The summed E-state index contributed by atoms with van der Waals surface area (Å²) in [6.07, 6.45) is 4.66. The maximum absolute atomic E-state index is 12.5. The van der Waals surface area contributed by atoms with Gasteiger partial charge in [-0.05, 0) is 30.7 Å². The average Bonchev–Trinajstić information content (AvgIpc) is 3.23. The minimum atomic E-state index is -1.07. The molecule has 0 aliphatic carbocycles. The molecule has 26 heavy (non-hydrogen) atoms. The number of carbonyl (C=O) groups excluding carboxylic acids is 1. The van der Waals surface area contributed by atoms with Gasteiger partial charge in [0, 0.05) is 18.1 Å². The number of hydrogen-bond donors (Lipinski definition) is 2. The summed E-state index contributed by atoms with van der Waals surface area (Å²) in [5.41, 5.74) is 1.68. The summed E-state index contributed by atoms with van der Waals surface area (Å²) < 4.78 is 2.86. The van der Waals surface area contributed by atoms with Gasteiger partial charge in [-0.25, -0.2) is 9.48 Å². The number of aliphatic carboxylic acids is 1. The first kappa shape index (κ1) is 17.7. The number of benzene rings is 1. The average molecular weight is 374 g/mol. The first-order valence-electron chi connectivity index (χ1n) is 7.78. The molecule has 2 heterocycles. The molecule has 0 fully saturated rings. The predicted octanol–water partition coefficient (Wildman–Crippen LogP) is 2.68. The molecule has 0 spiro atoms. The third kappa shape index (κ3) is 3.92. The van der Waals surface area contributed by atoms with E-state index in [1.807, 2.05) is 18.2 Å². The number of anilines is 1. The number of nitrogens with zero attached hydrogens (tertiary/aromatic N) is 4. The van der Waals surface area contributed by atoms with E-state index in [-0.39, 0.29) is 5.69 Å². The Kier molecular flexibility index (Phi) is 5.04. The minimum Gasteiger partial charge on any atom is -0.480 e. The van der Waals surface area contributed by atoms with Crippen molar-refractivity contribution in [2.75, 3.05) is 5.32 Å². The second-order valence-corrected chi connectivity index (χ2v) is 6.12. The monoisotopic (exact) mass is 373 g/mol. The van der Waals surface area contributed by atoms with E-state index < -0.39 is 17.9 Å². The molecular formula is C17H16ClN5O3. The van der Waals surface area contributed by atoms with Crippen molar-refractivity contribution in [2.24, 2.45) is 0 Å². The highest BCUT2D eigenvalue weighted by Crippen LogP contribution is 2.16. The first-order chi connectivity index (χ1) is 12.4. The van der Waals surface area contributed by atoms with Crippen LogP contribution in [0.4, 0.5) is 5.69 Å². The van der Waals surface area contributed by atoms with Crippen LogP contribution in [-0.4, -0.2) is 36.5 Å². The van der Waals surface area contributed by atoms with E-state index in [4.69, 9.17) is 16.7 Å². The minimum absolute atomic E-state index is 0.171. The molecule has 1 unspecified atom stereocenters. The van der Waals surface area contributed by atoms with Crippen molar-refractivity contribution >= 4 is 29.2 Å². The van der Waals surface area contributed by atoms with E-state index in [0.717, 1.165) is 5.56 Å². The molecular weight excluding hydrogens is 358 g/mol. The number of amides is 1. The van der Waals surface area contributed by atoms with E-state index in [1.54, 1.807) is 23.1 Å². The molecule has 2 aromatic heterocycles. The lowest BCUT2D eigenvalue weighted by molar-refractivity contribution is -0.140. The molecule has 0 aliphatic rings. The number of carboxylic acids is 1. The van der Waals surface area contributed by atoms with Gasteiger partial charge in [-0.1, -0.05) is 23.7 Å². The van der Waals surface area contributed by atoms with Gasteiger partial charge >= 0.3 is 5.97 Å². The molecule has 0 radical (unpaired) electrons. The Balaban J connectivity index is 1.75. The molecule has 0 saturated carbocycles. The van der Waals surface area contributed by atoms with Crippen molar-refractivity contribution in [1.29, 1.82) is 0 Å². The zero-order valence-corrected chi connectivity index (χ0v) is 14.6. The highest BCUT2D eigenvalue weighted by Gasteiger charge is 2.21. The van der Waals surface area contributed by atoms with E-state index in [0.29, 0.717) is 17.3 Å². The largest absolute Gasteiger partial charge is 0.480 e. The Bertz CT molecular complexity index is 949. The van der Waals surface area contributed by atoms with E-state index in [1.165, 1.54) is 23.9 Å². The molecule has 3 rings (SSSR count). The van der Waals surface area contributed by atoms with Crippen LogP contribution in [0.2, 0.25) is 5.02 Å². The number of rotatable bonds is 6. The Morgan fingerprint density at radius 1 is 1.31 bits per heavy atom. The van der Waals surface area contributed by atoms with E-state index >= 15 is 0 Å². The highest BCUT2D eigenvalue weighted by molar-refractivity contribution is 6.30. The van der Waals surface area contributed by atoms with Gasteiger partial charge in [0.2, 0.25) is 0 Å². The summed E-state index contributed by atoms with van der Waals surface area (Å²) in [5.74, 6) is -1.50. The van der Waals surface area contributed by atoms with Gasteiger partial charge in [-0.3, -0.25) is 9.48 Å². The van der Waals surface area contributed by atoms with Gasteiger partial charge in [0.1, 0.15) is 11.7 Å². The predicted molar refractivity (Wildman–Crippen MR) is 95.3 cm³/mol. The number of hydrogen-bond acceptors (Lipinski definition) is 4. The normalized spacial score (nSPS) is 11.9. The van der Waals surface area contributed by atoms with Gasteiger partial charge in [0.05, 0.1) is 17.8 Å². The lowest BCUT2D eigenvalue weighted by Crippen LogP contribution is -2.24. The number of halogens is 1. The van der Waals surface area contributed by atoms with Crippen LogP contribution >= 0.6 is 11.6 Å². The van der Waals surface area contributed by atoms with Gasteiger partial charge in [-0.2, -0.15) is 10.2 Å². The lowest BCUT2D eigenvalue weighted by Gasteiger charge is -2.12. The fraction of sp³-hybridized carbons (Fsp3) is 0.176. The zero-order valence-electron chi connectivity index (χ0n) is 13.8. The molecule has 3 aromatic rings. The summed E-state index contributed by atoms with van der Waals surface area (Å²) in [4.78, 5) is 23.6. The number of aromatic nitrogens is 4. The second-order valence-electron chi connectivity index (χ2n) is 5.69. The van der Waals surface area contributed by atoms with Crippen LogP contribution in [0.25, 0.3) is 0 Å².